The molecule has 0 radical (unpaired) electrons. The summed E-state index contributed by atoms with van der Waals surface area (Å²) in [5.74, 6) is 0.507. The average Bonchev–Trinajstić information content (AvgIpc) is 2.64. The number of hydrogen-bond acceptors (Lipinski definition) is 5. The van der Waals surface area contributed by atoms with E-state index in [2.05, 4.69) is 0 Å². The SMILES string of the molecule is BC(=O)OCCCCCCOc1ccc2sc3ccccc3c(=O)c2c1. The highest BCUT2D eigenvalue weighted by molar-refractivity contribution is 7.24. The first kappa shape index (κ1) is 18.5. The van der Waals surface area contributed by atoms with Gasteiger partial charge in [-0.25, -0.2) is 0 Å². The van der Waals surface area contributed by atoms with Crippen molar-refractivity contribution in [1.29, 1.82) is 0 Å². The number of carbonyl (C=O) groups excluding carboxylic acids is 1. The van der Waals surface area contributed by atoms with Crippen molar-refractivity contribution in [3.63, 3.8) is 0 Å². The summed E-state index contributed by atoms with van der Waals surface area (Å²) in [6.45, 7) is 1.10. The largest absolute Gasteiger partial charge is 0.494 e. The summed E-state index contributed by atoms with van der Waals surface area (Å²) in [5.41, 5.74) is 0.0604. The summed E-state index contributed by atoms with van der Waals surface area (Å²) >= 11 is 1.62. The highest BCUT2D eigenvalue weighted by Crippen LogP contribution is 2.27. The molecule has 0 aliphatic carbocycles. The van der Waals surface area contributed by atoms with E-state index in [9.17, 15) is 9.59 Å². The summed E-state index contributed by atoms with van der Waals surface area (Å²) < 4.78 is 12.7. The quantitative estimate of drug-likeness (QED) is 0.341. The van der Waals surface area contributed by atoms with Crippen LogP contribution >= 0.6 is 11.3 Å². The lowest BCUT2D eigenvalue weighted by Gasteiger charge is -2.08. The lowest BCUT2D eigenvalue weighted by molar-refractivity contribution is 0.170. The van der Waals surface area contributed by atoms with Gasteiger partial charge < -0.3 is 9.47 Å². The number of hydrogen-bond donors (Lipinski definition) is 0. The molecule has 26 heavy (non-hydrogen) atoms. The van der Waals surface area contributed by atoms with Crippen LogP contribution in [0.25, 0.3) is 20.2 Å². The van der Waals surface area contributed by atoms with Gasteiger partial charge in [-0.05, 0) is 56.0 Å². The Labute approximate surface area is 157 Å². The van der Waals surface area contributed by atoms with Crippen LogP contribution in [-0.2, 0) is 4.74 Å². The van der Waals surface area contributed by atoms with Crippen molar-refractivity contribution in [3.05, 3.63) is 52.7 Å². The van der Waals surface area contributed by atoms with E-state index in [1.54, 1.807) is 11.3 Å². The van der Waals surface area contributed by atoms with Crippen LogP contribution in [0.5, 0.6) is 5.75 Å². The predicted octanol–water partition coefficient (Wildman–Crippen LogP) is 4.12. The van der Waals surface area contributed by atoms with E-state index in [1.165, 1.54) is 7.85 Å². The maximum absolute atomic E-state index is 12.7. The molecule has 134 valence electrons. The van der Waals surface area contributed by atoms with E-state index < -0.39 is 0 Å². The van der Waals surface area contributed by atoms with Crippen LogP contribution in [0.3, 0.4) is 0 Å². The van der Waals surface area contributed by atoms with Gasteiger partial charge in [0.1, 0.15) is 5.75 Å². The van der Waals surface area contributed by atoms with Crippen LogP contribution in [0.4, 0.5) is 4.79 Å². The van der Waals surface area contributed by atoms with Gasteiger partial charge in [0.25, 0.3) is 0 Å². The molecule has 0 amide bonds. The topological polar surface area (TPSA) is 52.6 Å². The third-order valence-electron chi connectivity index (χ3n) is 4.16. The molecule has 0 N–H and O–H groups in total. The maximum atomic E-state index is 12.7. The molecule has 0 fully saturated rings. The van der Waals surface area contributed by atoms with Gasteiger partial charge in [-0.2, -0.15) is 0 Å². The van der Waals surface area contributed by atoms with Gasteiger partial charge in [0.15, 0.2) is 5.43 Å². The van der Waals surface area contributed by atoms with Crippen LogP contribution in [0.1, 0.15) is 25.7 Å². The number of benzene rings is 2. The Morgan fingerprint density at radius 3 is 2.46 bits per heavy atom. The van der Waals surface area contributed by atoms with E-state index in [1.807, 2.05) is 42.5 Å². The number of unbranched alkanes of at least 4 members (excludes halogenated alkanes) is 3. The van der Waals surface area contributed by atoms with Gasteiger partial charge in [-0.1, -0.05) is 12.1 Å². The van der Waals surface area contributed by atoms with Crippen molar-refractivity contribution in [2.24, 2.45) is 0 Å². The third-order valence-corrected chi connectivity index (χ3v) is 5.31. The fourth-order valence-electron chi connectivity index (χ4n) is 2.84. The second-order valence-corrected chi connectivity index (χ2v) is 7.27. The summed E-state index contributed by atoms with van der Waals surface area (Å²) in [7, 11) is 1.42. The molecule has 2 aromatic carbocycles. The molecule has 0 unspecified atom stereocenters. The lowest BCUT2D eigenvalue weighted by Crippen LogP contribution is -2.03. The summed E-state index contributed by atoms with van der Waals surface area (Å²) in [6, 6.07) is 13.4. The second kappa shape index (κ2) is 8.85. The molecule has 0 atom stereocenters. The van der Waals surface area contributed by atoms with E-state index >= 15 is 0 Å². The van der Waals surface area contributed by atoms with Gasteiger partial charge in [0, 0.05) is 20.2 Å². The average molecular weight is 368 g/mol. The molecule has 0 saturated carbocycles. The zero-order valence-corrected chi connectivity index (χ0v) is 15.6. The number of carbonyl (C=O) groups is 1. The van der Waals surface area contributed by atoms with Crippen molar-refractivity contribution >= 4 is 45.2 Å². The highest BCUT2D eigenvalue weighted by atomic mass is 32.1. The predicted molar refractivity (Wildman–Crippen MR) is 109 cm³/mol. The van der Waals surface area contributed by atoms with Crippen LogP contribution in [0, 0.1) is 0 Å². The molecular weight excluding hydrogens is 347 g/mol. The van der Waals surface area contributed by atoms with Gasteiger partial charge in [0.05, 0.1) is 13.2 Å². The lowest BCUT2D eigenvalue weighted by atomic mass is 10.1. The fourth-order valence-corrected chi connectivity index (χ4v) is 3.89. The minimum Gasteiger partial charge on any atom is -0.494 e. The second-order valence-electron chi connectivity index (χ2n) is 6.19. The van der Waals surface area contributed by atoms with Crippen molar-refractivity contribution in [3.8, 4) is 5.75 Å². The Kier molecular flexibility index (Phi) is 6.28. The normalized spacial score (nSPS) is 10.9. The molecule has 1 aromatic heterocycles. The molecule has 0 aliphatic heterocycles. The van der Waals surface area contributed by atoms with Gasteiger partial charge >= 0.3 is 0 Å². The first-order valence-corrected chi connectivity index (χ1v) is 9.68. The van der Waals surface area contributed by atoms with Crippen molar-refractivity contribution < 1.29 is 14.3 Å². The Bertz CT molecular complexity index is 967. The zero-order chi connectivity index (χ0) is 18.4. The van der Waals surface area contributed by atoms with Crippen molar-refractivity contribution in [2.45, 2.75) is 25.7 Å². The highest BCUT2D eigenvalue weighted by Gasteiger charge is 2.07. The zero-order valence-electron chi connectivity index (χ0n) is 14.8. The molecule has 3 rings (SSSR count). The molecule has 6 heteroatoms. The molecule has 0 saturated heterocycles. The minimum atomic E-state index is -0.226. The number of fused-ring (bicyclic) bond motifs is 2. The van der Waals surface area contributed by atoms with Crippen LogP contribution in [-0.4, -0.2) is 26.9 Å². The number of ether oxygens (including phenoxy) is 2. The van der Waals surface area contributed by atoms with E-state index in [0.717, 1.165) is 46.2 Å². The molecule has 1 heterocycles. The van der Waals surface area contributed by atoms with Crippen LogP contribution in [0.15, 0.2) is 47.3 Å². The number of rotatable bonds is 8. The molecule has 4 nitrogen and oxygen atoms in total. The van der Waals surface area contributed by atoms with E-state index in [0.29, 0.717) is 18.6 Å². The molecule has 0 bridgehead atoms. The molecular formula is C20H21BO4S. The fraction of sp³-hybridized carbons (Fsp3) is 0.300. The van der Waals surface area contributed by atoms with Crippen LogP contribution < -0.4 is 10.2 Å². The summed E-state index contributed by atoms with van der Waals surface area (Å²) in [5, 5.41) is 1.47. The smallest absolute Gasteiger partial charge is 0.243 e. The van der Waals surface area contributed by atoms with Gasteiger partial charge in [-0.3, -0.25) is 9.59 Å². The minimum absolute atomic E-state index is 0.0604. The van der Waals surface area contributed by atoms with Crippen LogP contribution in [0.2, 0.25) is 0 Å². The van der Waals surface area contributed by atoms with Gasteiger partial charge in [0.2, 0.25) is 13.7 Å². The Morgan fingerprint density at radius 2 is 1.65 bits per heavy atom. The maximum Gasteiger partial charge on any atom is 0.243 e. The van der Waals surface area contributed by atoms with E-state index in [4.69, 9.17) is 9.47 Å². The Hall–Kier alpha value is -2.34. The standard InChI is InChI=1S/C20H21BO4S/c21-20(23)25-12-6-2-1-5-11-24-14-9-10-18-16(13-14)19(22)15-7-3-4-8-17(15)26-18/h3-4,7-10,13H,1-2,5-6,11-12,21H2. The Morgan fingerprint density at radius 1 is 0.923 bits per heavy atom. The first-order valence-electron chi connectivity index (χ1n) is 8.87. The summed E-state index contributed by atoms with van der Waals surface area (Å²) in [4.78, 5) is 23.3. The van der Waals surface area contributed by atoms with Crippen molar-refractivity contribution in [1.82, 2.24) is 0 Å². The third kappa shape index (κ3) is 4.64. The molecule has 0 spiro atoms. The first-order chi connectivity index (χ1) is 12.6. The van der Waals surface area contributed by atoms with E-state index in [-0.39, 0.29) is 11.3 Å². The monoisotopic (exact) mass is 368 g/mol. The molecule has 3 aromatic rings. The Balaban J connectivity index is 1.56. The van der Waals surface area contributed by atoms with Crippen molar-refractivity contribution in [2.75, 3.05) is 13.2 Å². The molecule has 0 aliphatic rings. The van der Waals surface area contributed by atoms with Gasteiger partial charge in [-0.15, -0.1) is 11.3 Å². The summed E-state index contributed by atoms with van der Waals surface area (Å²) in [6.07, 6.45) is 3.84.